The molecule has 1 aromatic rings. The third kappa shape index (κ3) is 2.86. The van der Waals surface area contributed by atoms with Crippen molar-refractivity contribution in [1.29, 1.82) is 0 Å². The van der Waals surface area contributed by atoms with Gasteiger partial charge in [-0.25, -0.2) is 0 Å². The Bertz CT molecular complexity index is 521. The Labute approximate surface area is 115 Å². The monoisotopic (exact) mass is 258 g/mol. The fraction of sp³-hybridized carbons (Fsp3) is 0.500. The lowest BCUT2D eigenvalue weighted by Crippen LogP contribution is -2.21. The van der Waals surface area contributed by atoms with Gasteiger partial charge in [-0.2, -0.15) is 10.1 Å². The SMILES string of the molecule is Cc1cc(C)c(N2N=C(CC(C)C)CC2=O)c(C)c1. The minimum Gasteiger partial charge on any atom is -0.272 e. The number of anilines is 1. The van der Waals surface area contributed by atoms with E-state index in [2.05, 4.69) is 38.0 Å². The molecule has 1 heterocycles. The van der Waals surface area contributed by atoms with E-state index in [0.717, 1.165) is 28.9 Å². The maximum Gasteiger partial charge on any atom is 0.253 e. The van der Waals surface area contributed by atoms with Crippen molar-refractivity contribution in [2.75, 3.05) is 5.01 Å². The summed E-state index contributed by atoms with van der Waals surface area (Å²) in [5, 5.41) is 6.13. The van der Waals surface area contributed by atoms with Gasteiger partial charge in [-0.15, -0.1) is 0 Å². The second-order valence-corrected chi connectivity index (χ2v) is 5.89. The maximum absolute atomic E-state index is 12.2. The number of nitrogens with zero attached hydrogens (tertiary/aromatic N) is 2. The van der Waals surface area contributed by atoms with Crippen molar-refractivity contribution in [3.05, 3.63) is 28.8 Å². The highest BCUT2D eigenvalue weighted by Crippen LogP contribution is 2.30. The first-order valence-electron chi connectivity index (χ1n) is 6.85. The molecule has 0 saturated heterocycles. The number of amides is 1. The van der Waals surface area contributed by atoms with Crippen LogP contribution >= 0.6 is 0 Å². The lowest BCUT2D eigenvalue weighted by molar-refractivity contribution is -0.116. The lowest BCUT2D eigenvalue weighted by Gasteiger charge is -2.18. The van der Waals surface area contributed by atoms with Crippen LogP contribution in [0.25, 0.3) is 0 Å². The van der Waals surface area contributed by atoms with E-state index in [1.807, 2.05) is 13.8 Å². The molecule has 0 N–H and O–H groups in total. The Morgan fingerprint density at radius 1 is 1.21 bits per heavy atom. The van der Waals surface area contributed by atoms with Gasteiger partial charge in [-0.1, -0.05) is 31.5 Å². The third-order valence-corrected chi connectivity index (χ3v) is 3.32. The summed E-state index contributed by atoms with van der Waals surface area (Å²) in [4.78, 5) is 12.2. The van der Waals surface area contributed by atoms with Gasteiger partial charge in [0.2, 0.25) is 0 Å². The van der Waals surface area contributed by atoms with Crippen LogP contribution in [0.4, 0.5) is 5.69 Å². The highest BCUT2D eigenvalue weighted by molar-refractivity contribution is 6.13. The molecule has 3 heteroatoms. The molecule has 0 unspecified atom stereocenters. The number of carbonyl (C=O) groups excluding carboxylic acids is 1. The van der Waals surface area contributed by atoms with Crippen LogP contribution in [0.3, 0.4) is 0 Å². The highest BCUT2D eigenvalue weighted by atomic mass is 16.2. The molecule has 0 fully saturated rings. The Morgan fingerprint density at radius 3 is 2.32 bits per heavy atom. The normalized spacial score (nSPS) is 15.4. The number of rotatable bonds is 3. The molecule has 0 bridgehead atoms. The second-order valence-electron chi connectivity index (χ2n) is 5.89. The van der Waals surface area contributed by atoms with Crippen molar-refractivity contribution in [3.63, 3.8) is 0 Å². The predicted molar refractivity (Wildman–Crippen MR) is 79.6 cm³/mol. The molecular weight excluding hydrogens is 236 g/mol. The van der Waals surface area contributed by atoms with E-state index < -0.39 is 0 Å². The molecule has 1 aromatic carbocycles. The molecule has 0 spiro atoms. The molecule has 19 heavy (non-hydrogen) atoms. The summed E-state index contributed by atoms with van der Waals surface area (Å²) in [6.07, 6.45) is 1.36. The zero-order chi connectivity index (χ0) is 14.2. The van der Waals surface area contributed by atoms with Crippen molar-refractivity contribution in [3.8, 4) is 0 Å². The summed E-state index contributed by atoms with van der Waals surface area (Å²) in [6.45, 7) is 10.5. The van der Waals surface area contributed by atoms with Gasteiger partial charge in [0.25, 0.3) is 5.91 Å². The summed E-state index contributed by atoms with van der Waals surface area (Å²) in [5.41, 5.74) is 5.39. The summed E-state index contributed by atoms with van der Waals surface area (Å²) in [5.74, 6) is 0.623. The van der Waals surface area contributed by atoms with Crippen molar-refractivity contribution in [2.24, 2.45) is 11.0 Å². The van der Waals surface area contributed by atoms with Crippen LogP contribution in [-0.4, -0.2) is 11.6 Å². The summed E-state index contributed by atoms with van der Waals surface area (Å²) in [7, 11) is 0. The van der Waals surface area contributed by atoms with Gasteiger partial charge in [0.15, 0.2) is 0 Å². The van der Waals surface area contributed by atoms with E-state index in [1.54, 1.807) is 5.01 Å². The molecule has 2 rings (SSSR count). The lowest BCUT2D eigenvalue weighted by atomic mass is 10.0. The molecule has 0 aromatic heterocycles. The molecule has 1 aliphatic heterocycles. The molecule has 0 aliphatic carbocycles. The second kappa shape index (κ2) is 5.16. The molecule has 3 nitrogen and oxygen atoms in total. The first-order chi connectivity index (χ1) is 8.88. The Balaban J connectivity index is 2.37. The van der Waals surface area contributed by atoms with Crippen LogP contribution < -0.4 is 5.01 Å². The fourth-order valence-electron chi connectivity index (χ4n) is 2.75. The predicted octanol–water partition coefficient (Wildman–Crippen LogP) is 3.75. The average Bonchev–Trinajstić information content (AvgIpc) is 2.57. The van der Waals surface area contributed by atoms with Crippen molar-refractivity contribution in [1.82, 2.24) is 0 Å². The number of carbonyl (C=O) groups is 1. The Morgan fingerprint density at radius 2 is 1.79 bits per heavy atom. The Kier molecular flexibility index (Phi) is 3.74. The summed E-state index contributed by atoms with van der Waals surface area (Å²) in [6, 6.07) is 4.21. The van der Waals surface area contributed by atoms with E-state index in [4.69, 9.17) is 0 Å². The van der Waals surface area contributed by atoms with E-state index in [-0.39, 0.29) is 5.91 Å². The molecule has 102 valence electrons. The average molecular weight is 258 g/mol. The van der Waals surface area contributed by atoms with Crippen molar-refractivity contribution < 1.29 is 4.79 Å². The number of hydrogen-bond donors (Lipinski definition) is 0. The first kappa shape index (κ1) is 13.8. The molecule has 0 saturated carbocycles. The first-order valence-corrected chi connectivity index (χ1v) is 6.85. The third-order valence-electron chi connectivity index (χ3n) is 3.32. The summed E-state index contributed by atoms with van der Waals surface area (Å²) >= 11 is 0. The zero-order valence-corrected chi connectivity index (χ0v) is 12.4. The zero-order valence-electron chi connectivity index (χ0n) is 12.4. The maximum atomic E-state index is 12.2. The van der Waals surface area contributed by atoms with Crippen LogP contribution in [0, 0.1) is 26.7 Å². The van der Waals surface area contributed by atoms with Crippen LogP contribution in [0.2, 0.25) is 0 Å². The quantitative estimate of drug-likeness (QED) is 0.812. The van der Waals surface area contributed by atoms with Gasteiger partial charge in [0, 0.05) is 5.71 Å². The Hall–Kier alpha value is -1.64. The van der Waals surface area contributed by atoms with Crippen LogP contribution in [0.15, 0.2) is 17.2 Å². The number of aryl methyl sites for hydroxylation is 3. The van der Waals surface area contributed by atoms with Crippen LogP contribution in [0.1, 0.15) is 43.4 Å². The molecule has 1 amide bonds. The largest absolute Gasteiger partial charge is 0.272 e. The number of hydrazone groups is 1. The van der Waals surface area contributed by atoms with Gasteiger partial charge >= 0.3 is 0 Å². The number of hydrogen-bond acceptors (Lipinski definition) is 2. The van der Waals surface area contributed by atoms with E-state index >= 15 is 0 Å². The van der Waals surface area contributed by atoms with E-state index in [9.17, 15) is 4.79 Å². The molecular formula is C16H22N2O. The van der Waals surface area contributed by atoms with Crippen LogP contribution in [-0.2, 0) is 4.79 Å². The van der Waals surface area contributed by atoms with Gasteiger partial charge < -0.3 is 0 Å². The topological polar surface area (TPSA) is 32.7 Å². The fourth-order valence-corrected chi connectivity index (χ4v) is 2.75. The molecule has 1 aliphatic rings. The minimum atomic E-state index is 0.0886. The van der Waals surface area contributed by atoms with E-state index in [1.165, 1.54) is 5.56 Å². The highest BCUT2D eigenvalue weighted by Gasteiger charge is 2.27. The molecule has 0 atom stereocenters. The van der Waals surface area contributed by atoms with Crippen molar-refractivity contribution in [2.45, 2.75) is 47.5 Å². The van der Waals surface area contributed by atoms with Gasteiger partial charge in [0.1, 0.15) is 0 Å². The van der Waals surface area contributed by atoms with Gasteiger partial charge in [-0.05, 0) is 44.2 Å². The van der Waals surface area contributed by atoms with Gasteiger partial charge in [0.05, 0.1) is 12.1 Å². The standard InChI is InChI=1S/C16H22N2O/c1-10(2)6-14-9-15(19)18(17-14)16-12(4)7-11(3)8-13(16)5/h7-8,10H,6,9H2,1-5H3. The van der Waals surface area contributed by atoms with Crippen molar-refractivity contribution >= 4 is 17.3 Å². The number of benzene rings is 1. The summed E-state index contributed by atoms with van der Waals surface area (Å²) < 4.78 is 0. The minimum absolute atomic E-state index is 0.0886. The van der Waals surface area contributed by atoms with E-state index in [0.29, 0.717) is 12.3 Å². The molecule has 0 radical (unpaired) electrons. The smallest absolute Gasteiger partial charge is 0.253 e. The van der Waals surface area contributed by atoms with Gasteiger partial charge in [-0.3, -0.25) is 4.79 Å². The van der Waals surface area contributed by atoms with Crippen LogP contribution in [0.5, 0.6) is 0 Å².